The first-order valence-electron chi connectivity index (χ1n) is 6.35. The molecule has 0 spiro atoms. The van der Waals surface area contributed by atoms with E-state index >= 15 is 0 Å². The molecule has 0 aromatic carbocycles. The lowest BCUT2D eigenvalue weighted by molar-refractivity contribution is 0.422. The Morgan fingerprint density at radius 2 is 1.56 bits per heavy atom. The van der Waals surface area contributed by atoms with Gasteiger partial charge in [0, 0.05) is 0 Å². The van der Waals surface area contributed by atoms with Crippen molar-refractivity contribution < 1.29 is 4.43 Å². The van der Waals surface area contributed by atoms with E-state index in [0.29, 0.717) is 0 Å². The Hall–Kier alpha value is -0.503. The van der Waals surface area contributed by atoms with Crippen LogP contribution in [0.15, 0.2) is 24.5 Å². The largest absolute Gasteiger partial charge is 0.544 e. The highest BCUT2D eigenvalue weighted by Gasteiger charge is 2.30. The number of allylic oxidation sites excluding steroid dienone is 2. The molecule has 0 bridgehead atoms. The second-order valence-electron chi connectivity index (χ2n) is 5.51. The third kappa shape index (κ3) is 5.55. The topological polar surface area (TPSA) is 9.23 Å². The van der Waals surface area contributed by atoms with Crippen LogP contribution in [-0.4, -0.2) is 8.32 Å². The second kappa shape index (κ2) is 6.29. The van der Waals surface area contributed by atoms with Crippen molar-refractivity contribution in [2.45, 2.75) is 59.7 Å². The summed E-state index contributed by atoms with van der Waals surface area (Å²) < 4.78 is 6.14. The van der Waals surface area contributed by atoms with Gasteiger partial charge in [0.1, 0.15) is 0 Å². The van der Waals surface area contributed by atoms with Crippen molar-refractivity contribution in [3.05, 3.63) is 24.5 Å². The van der Waals surface area contributed by atoms with Gasteiger partial charge in [-0.25, -0.2) is 0 Å². The molecule has 0 atom stereocenters. The minimum Gasteiger partial charge on any atom is -0.544 e. The Morgan fingerprint density at radius 3 is 1.88 bits per heavy atom. The molecule has 0 rings (SSSR count). The second-order valence-corrected chi connectivity index (χ2v) is 10.2. The van der Waals surface area contributed by atoms with Crippen LogP contribution in [0.4, 0.5) is 0 Å². The predicted octanol–water partition coefficient (Wildman–Crippen LogP) is 5.12. The first-order chi connectivity index (χ1) is 7.28. The average molecular weight is 240 g/mol. The highest BCUT2D eigenvalue weighted by atomic mass is 28.4. The molecule has 94 valence electrons. The van der Waals surface area contributed by atoms with Crippen molar-refractivity contribution in [1.29, 1.82) is 0 Å². The summed E-state index contributed by atoms with van der Waals surface area (Å²) >= 11 is 0. The molecule has 0 unspecified atom stereocenters. The van der Waals surface area contributed by atoms with Gasteiger partial charge in [-0.2, -0.15) is 0 Å². The molecule has 0 saturated carbocycles. The van der Waals surface area contributed by atoms with Crippen molar-refractivity contribution in [2.24, 2.45) is 5.41 Å². The molecule has 0 aliphatic rings. The minimum absolute atomic E-state index is 0.196. The molecule has 0 aliphatic carbocycles. The van der Waals surface area contributed by atoms with Crippen LogP contribution in [0.3, 0.4) is 0 Å². The lowest BCUT2D eigenvalue weighted by atomic mass is 9.96. The van der Waals surface area contributed by atoms with Gasteiger partial charge >= 0.3 is 0 Å². The highest BCUT2D eigenvalue weighted by Crippen LogP contribution is 2.25. The van der Waals surface area contributed by atoms with Crippen molar-refractivity contribution in [1.82, 2.24) is 0 Å². The van der Waals surface area contributed by atoms with Crippen molar-refractivity contribution in [3.8, 4) is 0 Å². The van der Waals surface area contributed by atoms with E-state index in [-0.39, 0.29) is 5.41 Å². The van der Waals surface area contributed by atoms with E-state index in [0.717, 1.165) is 5.76 Å². The van der Waals surface area contributed by atoms with Crippen LogP contribution in [0.5, 0.6) is 0 Å². The maximum absolute atomic E-state index is 6.14. The molecule has 0 radical (unpaired) electrons. The van der Waals surface area contributed by atoms with Gasteiger partial charge in [-0.05, 0) is 29.6 Å². The van der Waals surface area contributed by atoms with Gasteiger partial charge in [0.05, 0.1) is 5.76 Å². The Labute approximate surface area is 103 Å². The molecule has 0 heterocycles. The molecule has 0 amide bonds. The summed E-state index contributed by atoms with van der Waals surface area (Å²) in [5, 5.41) is 0. The van der Waals surface area contributed by atoms with E-state index in [4.69, 9.17) is 4.43 Å². The van der Waals surface area contributed by atoms with Crippen LogP contribution in [0.2, 0.25) is 18.1 Å². The van der Waals surface area contributed by atoms with E-state index in [9.17, 15) is 0 Å². The zero-order valence-electron chi connectivity index (χ0n) is 11.9. The Balaban J connectivity index is 4.49. The molecule has 0 fully saturated rings. The molecule has 0 N–H and O–H groups in total. The van der Waals surface area contributed by atoms with Gasteiger partial charge in [-0.1, -0.05) is 54.2 Å². The van der Waals surface area contributed by atoms with Crippen LogP contribution in [0.1, 0.15) is 41.5 Å². The third-order valence-electron chi connectivity index (χ3n) is 3.05. The third-order valence-corrected chi connectivity index (χ3v) is 7.61. The van der Waals surface area contributed by atoms with Crippen molar-refractivity contribution >= 4 is 8.32 Å². The molecular weight excluding hydrogens is 212 g/mol. The van der Waals surface area contributed by atoms with E-state index < -0.39 is 8.32 Å². The van der Waals surface area contributed by atoms with Crippen molar-refractivity contribution in [3.63, 3.8) is 0 Å². The summed E-state index contributed by atoms with van der Waals surface area (Å²) in [6.07, 6.45) is 4.19. The van der Waals surface area contributed by atoms with Crippen LogP contribution in [0.25, 0.3) is 0 Å². The van der Waals surface area contributed by atoms with E-state index in [2.05, 4.69) is 54.2 Å². The lowest BCUT2D eigenvalue weighted by Gasteiger charge is -2.29. The maximum atomic E-state index is 6.14. The summed E-state index contributed by atoms with van der Waals surface area (Å²) in [4.78, 5) is 0. The molecular formula is C14H28OSi. The fraction of sp³-hybridized carbons (Fsp3) is 0.714. The maximum Gasteiger partial charge on any atom is 0.250 e. The molecule has 2 heteroatoms. The summed E-state index contributed by atoms with van der Waals surface area (Å²) in [7, 11) is -1.53. The molecule has 0 aromatic rings. The van der Waals surface area contributed by atoms with E-state index in [1.807, 2.05) is 6.08 Å². The molecule has 0 aliphatic heterocycles. The van der Waals surface area contributed by atoms with Crippen LogP contribution in [-0.2, 0) is 4.43 Å². The quantitative estimate of drug-likeness (QED) is 0.355. The SMILES string of the molecule is C=C(C=CC(C)(C)C)O[Si](CC)(CC)CC. The summed E-state index contributed by atoms with van der Waals surface area (Å²) in [5.41, 5.74) is 0.196. The van der Waals surface area contributed by atoms with Gasteiger partial charge in [0.25, 0.3) is 0 Å². The van der Waals surface area contributed by atoms with E-state index in [1.165, 1.54) is 18.1 Å². The monoisotopic (exact) mass is 240 g/mol. The number of rotatable bonds is 6. The Bertz CT molecular complexity index is 236. The minimum atomic E-state index is -1.53. The number of hydrogen-bond acceptors (Lipinski definition) is 1. The summed E-state index contributed by atoms with van der Waals surface area (Å²) in [6, 6.07) is 3.51. The predicted molar refractivity (Wildman–Crippen MR) is 76.0 cm³/mol. The smallest absolute Gasteiger partial charge is 0.250 e. The standard InChI is InChI=1S/C14H28OSi/c1-8-16(9-2,10-3)15-13(4)11-12-14(5,6)7/h11-12H,4,8-10H2,1-3,5-7H3. The fourth-order valence-corrected chi connectivity index (χ4v) is 4.18. The molecule has 0 saturated heterocycles. The highest BCUT2D eigenvalue weighted by molar-refractivity contribution is 6.73. The van der Waals surface area contributed by atoms with Gasteiger partial charge in [0.2, 0.25) is 8.32 Å². The summed E-state index contributed by atoms with van der Waals surface area (Å²) in [6.45, 7) is 17.3. The van der Waals surface area contributed by atoms with Crippen LogP contribution < -0.4 is 0 Å². The van der Waals surface area contributed by atoms with Gasteiger partial charge < -0.3 is 4.43 Å². The Morgan fingerprint density at radius 1 is 1.12 bits per heavy atom. The molecule has 0 aromatic heterocycles. The lowest BCUT2D eigenvalue weighted by Crippen LogP contribution is -2.34. The number of hydrogen-bond donors (Lipinski definition) is 0. The first-order valence-corrected chi connectivity index (χ1v) is 8.88. The average Bonchev–Trinajstić information content (AvgIpc) is 2.22. The van der Waals surface area contributed by atoms with Gasteiger partial charge in [-0.15, -0.1) is 0 Å². The molecule has 1 nitrogen and oxygen atoms in total. The van der Waals surface area contributed by atoms with E-state index in [1.54, 1.807) is 0 Å². The van der Waals surface area contributed by atoms with Crippen LogP contribution in [0, 0.1) is 5.41 Å². The normalized spacial score (nSPS) is 13.1. The fourth-order valence-electron chi connectivity index (χ4n) is 1.62. The van der Waals surface area contributed by atoms with Crippen molar-refractivity contribution in [2.75, 3.05) is 0 Å². The zero-order valence-corrected chi connectivity index (χ0v) is 12.9. The van der Waals surface area contributed by atoms with Gasteiger partial charge in [-0.3, -0.25) is 0 Å². The van der Waals surface area contributed by atoms with Gasteiger partial charge in [0.15, 0.2) is 0 Å². The summed E-state index contributed by atoms with van der Waals surface area (Å²) in [5.74, 6) is 0.840. The van der Waals surface area contributed by atoms with Crippen LogP contribution >= 0.6 is 0 Å². The zero-order chi connectivity index (χ0) is 12.8. The molecule has 16 heavy (non-hydrogen) atoms. The first kappa shape index (κ1) is 15.5. The Kier molecular flexibility index (Phi) is 6.09.